The van der Waals surface area contributed by atoms with Gasteiger partial charge in [0.2, 0.25) is 0 Å². The fraction of sp³-hybridized carbons (Fsp3) is 0.333. The van der Waals surface area contributed by atoms with Crippen molar-refractivity contribution in [3.05, 3.63) is 22.1 Å². The van der Waals surface area contributed by atoms with Gasteiger partial charge in [-0.1, -0.05) is 0 Å². The average Bonchev–Trinajstić information content (AvgIpc) is 1.98. The second-order valence-corrected chi connectivity index (χ2v) is 2.70. The van der Waals surface area contributed by atoms with Gasteiger partial charge in [-0.05, 0) is 22.0 Å². The molecule has 0 aromatic heterocycles. The highest BCUT2D eigenvalue weighted by Gasteiger charge is 1.98. The summed E-state index contributed by atoms with van der Waals surface area (Å²) in [5, 5.41) is 8.74. The lowest BCUT2D eigenvalue weighted by Crippen LogP contribution is -2.07. The summed E-state index contributed by atoms with van der Waals surface area (Å²) < 4.78 is 5.07. The summed E-state index contributed by atoms with van der Waals surface area (Å²) in [6, 6.07) is 0. The summed E-state index contributed by atoms with van der Waals surface area (Å²) in [7, 11) is 1.42. The van der Waals surface area contributed by atoms with Gasteiger partial charge in [-0.2, -0.15) is 0 Å². The molecule has 0 fully saturated rings. The second-order valence-electron chi connectivity index (χ2n) is 1.78. The molecule has 0 radical (unpaired) electrons. The molecule has 0 aliphatic heterocycles. The van der Waals surface area contributed by atoms with E-state index in [1.807, 2.05) is 0 Å². The molecule has 0 aromatic rings. The second kappa shape index (κ2) is 5.03. The van der Waals surface area contributed by atoms with Crippen LogP contribution in [0, 0.1) is 0 Å². The van der Waals surface area contributed by atoms with Crippen molar-refractivity contribution in [3.63, 3.8) is 0 Å². The van der Waals surface area contributed by atoms with Crippen LogP contribution in [0.2, 0.25) is 0 Å². The van der Waals surface area contributed by atoms with Crippen LogP contribution in [0.5, 0.6) is 0 Å². The molecule has 0 saturated heterocycles. The number of hydrogen-bond acceptors (Lipinski definition) is 4. The van der Waals surface area contributed by atoms with Crippen molar-refractivity contribution >= 4 is 15.9 Å². The molecule has 0 heterocycles. The minimum Gasteiger partial charge on any atom is -0.482 e. The molecule has 0 rings (SSSR count). The van der Waals surface area contributed by atoms with Crippen LogP contribution in [0.1, 0.15) is 0 Å². The number of nitrogens with two attached hydrogens (primary N) is 2. The van der Waals surface area contributed by atoms with E-state index < -0.39 is 0 Å². The van der Waals surface area contributed by atoms with E-state index in [1.165, 1.54) is 13.2 Å². The highest BCUT2D eigenvalue weighted by Crippen LogP contribution is 2.05. The van der Waals surface area contributed by atoms with Crippen molar-refractivity contribution in [2.75, 3.05) is 13.7 Å². The van der Waals surface area contributed by atoms with Crippen LogP contribution in [0.3, 0.4) is 0 Å². The summed E-state index contributed by atoms with van der Waals surface area (Å²) in [5.74, 6) is 0.162. The Bertz CT molecular complexity index is 185. The zero-order chi connectivity index (χ0) is 8.85. The molecular formula is C6H11BrN2O2. The fourth-order valence-corrected chi connectivity index (χ4v) is 0.769. The Morgan fingerprint density at radius 2 is 2.18 bits per heavy atom. The Labute approximate surface area is 73.6 Å². The minimum atomic E-state index is -0.202. The van der Waals surface area contributed by atoms with Crippen LogP contribution in [-0.4, -0.2) is 18.8 Å². The molecule has 0 saturated carbocycles. The normalized spacial score (nSPS) is 14.3. The Morgan fingerprint density at radius 1 is 1.64 bits per heavy atom. The summed E-state index contributed by atoms with van der Waals surface area (Å²) >= 11 is 3.00. The molecule has 0 atom stereocenters. The summed E-state index contributed by atoms with van der Waals surface area (Å²) in [6.07, 6.45) is 1.48. The third-order valence-corrected chi connectivity index (χ3v) is 1.25. The van der Waals surface area contributed by atoms with Gasteiger partial charge in [0.25, 0.3) is 0 Å². The first-order chi connectivity index (χ1) is 5.11. The van der Waals surface area contributed by atoms with Crippen molar-refractivity contribution in [1.29, 1.82) is 0 Å². The maximum Gasteiger partial charge on any atom is 0.189 e. The summed E-state index contributed by atoms with van der Waals surface area (Å²) in [5.41, 5.74) is 11.1. The maximum absolute atomic E-state index is 8.74. The molecule has 0 aromatic carbocycles. The van der Waals surface area contributed by atoms with Crippen LogP contribution < -0.4 is 11.5 Å². The smallest absolute Gasteiger partial charge is 0.189 e. The standard InChI is InChI=1S/C6H11BrN2O2/c1-11-6(9)4(3-10)2-5(7)8/h2,10H,3,8-9H2,1H3/b5-2-,6-4-. The predicted octanol–water partition coefficient (Wildman–Crippen LogP) is -0.00960. The third-order valence-electron chi connectivity index (χ3n) is 1.02. The first kappa shape index (κ1) is 10.3. The first-order valence-corrected chi connectivity index (χ1v) is 3.67. The summed E-state index contributed by atoms with van der Waals surface area (Å²) in [6.45, 7) is -0.202. The van der Waals surface area contributed by atoms with E-state index in [2.05, 4.69) is 20.7 Å². The number of rotatable bonds is 3. The largest absolute Gasteiger partial charge is 0.482 e. The Kier molecular flexibility index (Phi) is 4.72. The molecule has 0 unspecified atom stereocenters. The minimum absolute atomic E-state index is 0.162. The van der Waals surface area contributed by atoms with Gasteiger partial charge in [0.05, 0.1) is 18.3 Å². The number of ether oxygens (including phenoxy) is 1. The first-order valence-electron chi connectivity index (χ1n) is 2.88. The molecular weight excluding hydrogens is 212 g/mol. The lowest BCUT2D eigenvalue weighted by Gasteiger charge is -2.03. The quantitative estimate of drug-likeness (QED) is 0.357. The van der Waals surface area contributed by atoms with Crippen molar-refractivity contribution in [3.8, 4) is 0 Å². The van der Waals surface area contributed by atoms with Crippen LogP contribution in [0.4, 0.5) is 0 Å². The van der Waals surface area contributed by atoms with E-state index in [4.69, 9.17) is 16.6 Å². The fourth-order valence-electron chi connectivity index (χ4n) is 0.492. The molecule has 0 aliphatic carbocycles. The highest BCUT2D eigenvalue weighted by molar-refractivity contribution is 9.11. The van der Waals surface area contributed by atoms with Gasteiger partial charge in [0.1, 0.15) is 0 Å². The van der Waals surface area contributed by atoms with E-state index >= 15 is 0 Å². The molecule has 0 spiro atoms. The van der Waals surface area contributed by atoms with Crippen LogP contribution in [0.15, 0.2) is 22.1 Å². The SMILES string of the molecule is CO/C(N)=C(/C=C(\N)Br)CO. The molecule has 0 aliphatic rings. The van der Waals surface area contributed by atoms with Crippen molar-refractivity contribution < 1.29 is 9.84 Å². The van der Waals surface area contributed by atoms with Gasteiger partial charge in [-0.3, -0.25) is 0 Å². The zero-order valence-electron chi connectivity index (χ0n) is 6.17. The van der Waals surface area contributed by atoms with Gasteiger partial charge >= 0.3 is 0 Å². The maximum atomic E-state index is 8.74. The Hall–Kier alpha value is -0.680. The van der Waals surface area contributed by atoms with Crippen LogP contribution in [-0.2, 0) is 4.74 Å². The van der Waals surface area contributed by atoms with Crippen LogP contribution in [0.25, 0.3) is 0 Å². The number of aliphatic hydroxyl groups is 1. The van der Waals surface area contributed by atoms with Gasteiger partial charge in [0.15, 0.2) is 5.88 Å². The number of hydrogen-bond donors (Lipinski definition) is 3. The van der Waals surface area contributed by atoms with Crippen molar-refractivity contribution in [2.45, 2.75) is 0 Å². The number of methoxy groups -OCH3 is 1. The number of halogens is 1. The van der Waals surface area contributed by atoms with E-state index in [0.29, 0.717) is 10.2 Å². The van der Waals surface area contributed by atoms with Gasteiger partial charge in [-0.25, -0.2) is 0 Å². The highest BCUT2D eigenvalue weighted by atomic mass is 79.9. The van der Waals surface area contributed by atoms with Crippen molar-refractivity contribution in [1.82, 2.24) is 0 Å². The van der Waals surface area contributed by atoms with E-state index in [-0.39, 0.29) is 12.5 Å². The van der Waals surface area contributed by atoms with Crippen molar-refractivity contribution in [2.24, 2.45) is 11.5 Å². The average molecular weight is 223 g/mol. The lowest BCUT2D eigenvalue weighted by atomic mass is 10.3. The molecule has 11 heavy (non-hydrogen) atoms. The van der Waals surface area contributed by atoms with Gasteiger partial charge in [0, 0.05) is 5.57 Å². The van der Waals surface area contributed by atoms with Crippen LogP contribution >= 0.6 is 15.9 Å². The molecule has 64 valence electrons. The molecule has 0 bridgehead atoms. The van der Waals surface area contributed by atoms with E-state index in [0.717, 1.165) is 0 Å². The summed E-state index contributed by atoms with van der Waals surface area (Å²) in [4.78, 5) is 0. The molecule has 5 N–H and O–H groups in total. The molecule has 4 nitrogen and oxygen atoms in total. The predicted molar refractivity (Wildman–Crippen MR) is 46.5 cm³/mol. The molecule has 5 heteroatoms. The van der Waals surface area contributed by atoms with E-state index in [9.17, 15) is 0 Å². The zero-order valence-corrected chi connectivity index (χ0v) is 7.76. The Balaban J connectivity index is 4.52. The molecule has 0 amide bonds. The Morgan fingerprint density at radius 3 is 2.45 bits per heavy atom. The van der Waals surface area contributed by atoms with E-state index in [1.54, 1.807) is 0 Å². The monoisotopic (exact) mass is 222 g/mol. The third kappa shape index (κ3) is 3.90. The number of aliphatic hydroxyl groups excluding tert-OH is 1. The van der Waals surface area contributed by atoms with Gasteiger partial charge in [-0.15, -0.1) is 0 Å². The topological polar surface area (TPSA) is 81.5 Å². The van der Waals surface area contributed by atoms with Gasteiger partial charge < -0.3 is 21.3 Å². The lowest BCUT2D eigenvalue weighted by molar-refractivity contribution is 0.268.